The molecule has 0 aliphatic carbocycles. The molecule has 268 valence electrons. The number of unbranched alkanes of at least 4 members (excludes halogenated alkanes) is 11. The molecule has 1 amide bonds. The molecular weight excluding hydrogens is 580 g/mol. The van der Waals surface area contributed by atoms with Gasteiger partial charge in [-0.05, 0) is 33.6 Å². The van der Waals surface area contributed by atoms with Crippen LogP contribution in [0.1, 0.15) is 111 Å². The predicted molar refractivity (Wildman–Crippen MR) is 177 cm³/mol. The second-order valence-electron chi connectivity index (χ2n) is 12.1. The molecule has 0 saturated carbocycles. The molecule has 0 spiro atoms. The van der Waals surface area contributed by atoms with E-state index in [1.54, 1.807) is 0 Å². The smallest absolute Gasteiger partial charge is 0.306 e. The molecular formula is C34H68N2O9. The zero-order valence-corrected chi connectivity index (χ0v) is 29.1. The Bertz CT molecular complexity index is 648. The molecule has 0 aromatic heterocycles. The maximum atomic E-state index is 12.0. The van der Waals surface area contributed by atoms with Crippen LogP contribution in [0.25, 0.3) is 0 Å². The molecule has 0 radical (unpaired) electrons. The van der Waals surface area contributed by atoms with Crippen molar-refractivity contribution < 1.29 is 42.7 Å². The maximum Gasteiger partial charge on any atom is 0.306 e. The summed E-state index contributed by atoms with van der Waals surface area (Å²) in [6.45, 7) is 13.0. The fourth-order valence-corrected chi connectivity index (χ4v) is 4.35. The minimum Gasteiger partial charge on any atom is -0.460 e. The lowest BCUT2D eigenvalue weighted by atomic mass is 10.0. The summed E-state index contributed by atoms with van der Waals surface area (Å²) in [6.07, 6.45) is 15.2. The third-order valence-corrected chi connectivity index (χ3v) is 6.65. The maximum absolute atomic E-state index is 12.0. The topological polar surface area (TPSA) is 137 Å². The van der Waals surface area contributed by atoms with Gasteiger partial charge in [0.25, 0.3) is 0 Å². The van der Waals surface area contributed by atoms with Gasteiger partial charge < -0.3 is 44.2 Å². The van der Waals surface area contributed by atoms with E-state index < -0.39 is 0 Å². The monoisotopic (exact) mass is 648 g/mol. The Morgan fingerprint density at radius 1 is 0.489 bits per heavy atom. The van der Waals surface area contributed by atoms with Gasteiger partial charge in [0, 0.05) is 25.9 Å². The SMILES string of the molecule is CC(C)(C)OC(=O)CCCCCCCCCCCCCCC(=O)NCCOCCOCCOCCOCCOCCOCCN. The first-order chi connectivity index (χ1) is 21.8. The van der Waals surface area contributed by atoms with Crippen LogP contribution in [-0.2, 0) is 42.7 Å². The van der Waals surface area contributed by atoms with Crippen LogP contribution >= 0.6 is 0 Å². The summed E-state index contributed by atoms with van der Waals surface area (Å²) in [6, 6.07) is 0. The van der Waals surface area contributed by atoms with Crippen molar-refractivity contribution in [1.82, 2.24) is 5.32 Å². The van der Waals surface area contributed by atoms with Crippen molar-refractivity contribution in [3.8, 4) is 0 Å². The number of carbonyl (C=O) groups excluding carboxylic acids is 2. The number of hydrogen-bond acceptors (Lipinski definition) is 10. The summed E-state index contributed by atoms with van der Waals surface area (Å²) in [5.41, 5.74) is 4.95. The average Bonchev–Trinajstić information content (AvgIpc) is 2.99. The van der Waals surface area contributed by atoms with E-state index in [2.05, 4.69) is 5.32 Å². The zero-order valence-electron chi connectivity index (χ0n) is 29.1. The Kier molecular flexibility index (Phi) is 33.0. The zero-order chi connectivity index (χ0) is 33.1. The van der Waals surface area contributed by atoms with Gasteiger partial charge in [-0.1, -0.05) is 64.2 Å². The molecule has 0 bridgehead atoms. The second kappa shape index (κ2) is 34.0. The van der Waals surface area contributed by atoms with E-state index in [-0.39, 0.29) is 17.5 Å². The van der Waals surface area contributed by atoms with E-state index in [4.69, 9.17) is 38.9 Å². The van der Waals surface area contributed by atoms with Crippen LogP contribution in [0, 0.1) is 0 Å². The number of amides is 1. The highest BCUT2D eigenvalue weighted by Gasteiger charge is 2.15. The van der Waals surface area contributed by atoms with E-state index >= 15 is 0 Å². The Balaban J connectivity index is 3.20. The predicted octanol–water partition coefficient (Wildman–Crippen LogP) is 4.96. The molecule has 0 unspecified atom stereocenters. The van der Waals surface area contributed by atoms with E-state index in [1.165, 1.54) is 51.4 Å². The summed E-state index contributed by atoms with van der Waals surface area (Å²) in [5.74, 6) is 0.0195. The molecule has 0 heterocycles. The highest BCUT2D eigenvalue weighted by molar-refractivity contribution is 5.75. The van der Waals surface area contributed by atoms with Crippen molar-refractivity contribution in [2.45, 2.75) is 116 Å². The lowest BCUT2D eigenvalue weighted by Gasteiger charge is -2.19. The van der Waals surface area contributed by atoms with Gasteiger partial charge in [-0.25, -0.2) is 0 Å². The van der Waals surface area contributed by atoms with Crippen LogP contribution in [0.15, 0.2) is 0 Å². The van der Waals surface area contributed by atoms with Crippen LogP contribution in [0.5, 0.6) is 0 Å². The number of carbonyl (C=O) groups is 2. The average molecular weight is 649 g/mol. The Morgan fingerprint density at radius 2 is 0.822 bits per heavy atom. The van der Waals surface area contributed by atoms with Gasteiger partial charge in [-0.2, -0.15) is 0 Å². The van der Waals surface area contributed by atoms with Crippen LogP contribution < -0.4 is 11.1 Å². The van der Waals surface area contributed by atoms with Gasteiger partial charge in [0.1, 0.15) is 5.60 Å². The fraction of sp³-hybridized carbons (Fsp3) is 0.941. The first-order valence-electron chi connectivity index (χ1n) is 17.5. The van der Waals surface area contributed by atoms with Crippen molar-refractivity contribution >= 4 is 11.9 Å². The number of esters is 1. The molecule has 11 nitrogen and oxygen atoms in total. The highest BCUT2D eigenvalue weighted by Crippen LogP contribution is 2.14. The molecule has 0 saturated heterocycles. The lowest BCUT2D eigenvalue weighted by molar-refractivity contribution is -0.154. The first kappa shape index (κ1) is 43.7. The number of hydrogen-bond donors (Lipinski definition) is 2. The van der Waals surface area contributed by atoms with E-state index in [1.807, 2.05) is 20.8 Å². The standard InChI is InChI=1S/C34H68N2O9/c1-34(2,3)45-33(38)17-15-13-11-9-7-5-4-6-8-10-12-14-16-32(37)36-19-21-40-23-25-42-27-29-44-31-30-43-28-26-41-24-22-39-20-18-35/h4-31,35H2,1-3H3,(H,36,37). The van der Waals surface area contributed by atoms with Gasteiger partial charge in [-0.3, -0.25) is 9.59 Å². The third kappa shape index (κ3) is 38.8. The normalized spacial score (nSPS) is 11.6. The molecule has 0 fully saturated rings. The second-order valence-corrected chi connectivity index (χ2v) is 12.1. The molecule has 0 atom stereocenters. The van der Waals surface area contributed by atoms with Crippen LogP contribution in [-0.4, -0.2) is 110 Å². The summed E-state index contributed by atoms with van der Waals surface area (Å²) >= 11 is 0. The number of ether oxygens (including phenoxy) is 7. The minimum absolute atomic E-state index is 0.0800. The quantitative estimate of drug-likeness (QED) is 0.0716. The fourth-order valence-electron chi connectivity index (χ4n) is 4.35. The number of nitrogens with one attached hydrogen (secondary N) is 1. The van der Waals surface area contributed by atoms with E-state index in [9.17, 15) is 9.59 Å². The molecule has 0 aliphatic rings. The van der Waals surface area contributed by atoms with E-state index in [0.717, 1.165) is 25.7 Å². The lowest BCUT2D eigenvalue weighted by Crippen LogP contribution is -2.27. The van der Waals surface area contributed by atoms with E-state index in [0.29, 0.717) is 105 Å². The highest BCUT2D eigenvalue weighted by atomic mass is 16.6. The van der Waals surface area contributed by atoms with Crippen molar-refractivity contribution in [2.24, 2.45) is 5.73 Å². The van der Waals surface area contributed by atoms with Gasteiger partial charge in [0.2, 0.25) is 5.91 Å². The van der Waals surface area contributed by atoms with Crippen molar-refractivity contribution in [3.63, 3.8) is 0 Å². The number of nitrogens with two attached hydrogens (primary N) is 1. The minimum atomic E-state index is -0.381. The van der Waals surface area contributed by atoms with Gasteiger partial charge >= 0.3 is 5.97 Å². The Labute approximate surface area is 274 Å². The third-order valence-electron chi connectivity index (χ3n) is 6.65. The summed E-state index contributed by atoms with van der Waals surface area (Å²) in [5, 5.41) is 2.92. The van der Waals surface area contributed by atoms with Crippen LogP contribution in [0.2, 0.25) is 0 Å². The molecule has 11 heteroatoms. The molecule has 0 aromatic rings. The summed E-state index contributed by atoms with van der Waals surface area (Å²) in [4.78, 5) is 23.7. The van der Waals surface area contributed by atoms with Crippen molar-refractivity contribution in [3.05, 3.63) is 0 Å². The molecule has 3 N–H and O–H groups in total. The Morgan fingerprint density at radius 3 is 1.20 bits per heavy atom. The largest absolute Gasteiger partial charge is 0.460 e. The van der Waals surface area contributed by atoms with Crippen molar-refractivity contribution in [1.29, 1.82) is 0 Å². The van der Waals surface area contributed by atoms with Crippen LogP contribution in [0.3, 0.4) is 0 Å². The summed E-state index contributed by atoms with van der Waals surface area (Å²) < 4.78 is 37.8. The van der Waals surface area contributed by atoms with Gasteiger partial charge in [-0.15, -0.1) is 0 Å². The van der Waals surface area contributed by atoms with Crippen molar-refractivity contribution in [2.75, 3.05) is 92.4 Å². The molecule has 0 aromatic carbocycles. The van der Waals surface area contributed by atoms with Crippen LogP contribution in [0.4, 0.5) is 0 Å². The Hall–Kier alpha value is -1.34. The molecule has 45 heavy (non-hydrogen) atoms. The van der Waals surface area contributed by atoms with Gasteiger partial charge in [0.05, 0.1) is 79.3 Å². The van der Waals surface area contributed by atoms with Gasteiger partial charge in [0.15, 0.2) is 0 Å². The molecule has 0 aliphatic heterocycles. The molecule has 0 rings (SSSR count). The first-order valence-corrected chi connectivity index (χ1v) is 17.5. The summed E-state index contributed by atoms with van der Waals surface area (Å²) in [7, 11) is 0. The number of rotatable bonds is 35.